The van der Waals surface area contributed by atoms with Crippen LogP contribution in [0.15, 0.2) is 24.3 Å². The summed E-state index contributed by atoms with van der Waals surface area (Å²) in [6, 6.07) is 7.48. The van der Waals surface area contributed by atoms with E-state index in [-0.39, 0.29) is 6.54 Å². The van der Waals surface area contributed by atoms with Crippen LogP contribution in [0.1, 0.15) is 0 Å². The van der Waals surface area contributed by atoms with Crippen molar-refractivity contribution in [1.82, 2.24) is 10.2 Å². The summed E-state index contributed by atoms with van der Waals surface area (Å²) in [7, 11) is 1.73. The lowest BCUT2D eigenvalue weighted by Gasteiger charge is -2.17. The zero-order valence-electron chi connectivity index (χ0n) is 9.22. The van der Waals surface area contributed by atoms with Crippen LogP contribution in [0.2, 0.25) is 5.15 Å². The van der Waals surface area contributed by atoms with Crippen molar-refractivity contribution in [3.8, 4) is 0 Å². The standard InChI is InChI=1S/C11H11ClN4O/c1-16(6-9(13)17)11-8-5-3-2-4-7(8)10(12)14-15-11/h2-5H,6H2,1H3,(H2,13,17). The molecule has 2 aromatic rings. The summed E-state index contributed by atoms with van der Waals surface area (Å²) in [6.45, 7) is 0.0836. The molecule has 0 bridgehead atoms. The minimum Gasteiger partial charge on any atom is -0.368 e. The van der Waals surface area contributed by atoms with E-state index in [4.69, 9.17) is 17.3 Å². The maximum atomic E-state index is 10.9. The van der Waals surface area contributed by atoms with Gasteiger partial charge in [0.15, 0.2) is 11.0 Å². The first-order valence-corrected chi connectivity index (χ1v) is 5.37. The van der Waals surface area contributed by atoms with Crippen molar-refractivity contribution < 1.29 is 4.79 Å². The number of hydrogen-bond acceptors (Lipinski definition) is 4. The van der Waals surface area contributed by atoms with Crippen LogP contribution in [-0.4, -0.2) is 29.7 Å². The fraction of sp³-hybridized carbons (Fsp3) is 0.182. The summed E-state index contributed by atoms with van der Waals surface area (Å²) in [5.74, 6) is 0.164. The number of anilines is 1. The number of nitrogens with zero attached hydrogens (tertiary/aromatic N) is 3. The van der Waals surface area contributed by atoms with Gasteiger partial charge in [0.2, 0.25) is 5.91 Å². The van der Waals surface area contributed by atoms with Crippen LogP contribution >= 0.6 is 11.6 Å². The topological polar surface area (TPSA) is 72.1 Å². The third-order valence-electron chi connectivity index (χ3n) is 2.38. The maximum Gasteiger partial charge on any atom is 0.236 e. The Balaban J connectivity index is 2.55. The molecule has 0 fully saturated rings. The number of rotatable bonds is 3. The van der Waals surface area contributed by atoms with E-state index in [0.717, 1.165) is 10.8 Å². The predicted octanol–water partition coefficient (Wildman–Crippen LogP) is 1.20. The van der Waals surface area contributed by atoms with E-state index in [1.807, 2.05) is 24.3 Å². The molecule has 17 heavy (non-hydrogen) atoms. The SMILES string of the molecule is CN(CC(N)=O)c1nnc(Cl)c2ccccc12. The minimum atomic E-state index is -0.423. The Kier molecular flexibility index (Phi) is 3.10. The van der Waals surface area contributed by atoms with Crippen LogP contribution in [-0.2, 0) is 4.79 Å². The molecular weight excluding hydrogens is 240 g/mol. The smallest absolute Gasteiger partial charge is 0.236 e. The molecule has 0 aliphatic heterocycles. The van der Waals surface area contributed by atoms with Crippen LogP contribution in [0.4, 0.5) is 5.82 Å². The number of aromatic nitrogens is 2. The first-order chi connectivity index (χ1) is 8.09. The first kappa shape index (κ1) is 11.6. The second-order valence-electron chi connectivity index (χ2n) is 3.68. The largest absolute Gasteiger partial charge is 0.368 e. The van der Waals surface area contributed by atoms with Crippen molar-refractivity contribution >= 4 is 34.1 Å². The number of amides is 1. The Morgan fingerprint density at radius 3 is 2.65 bits per heavy atom. The van der Waals surface area contributed by atoms with Gasteiger partial charge in [-0.3, -0.25) is 4.79 Å². The molecular formula is C11H11ClN4O. The molecule has 0 spiro atoms. The quantitative estimate of drug-likeness (QED) is 0.889. The molecule has 0 atom stereocenters. The average Bonchev–Trinajstić information content (AvgIpc) is 2.29. The number of carbonyl (C=O) groups is 1. The summed E-state index contributed by atoms with van der Waals surface area (Å²) in [6.07, 6.45) is 0. The van der Waals surface area contributed by atoms with E-state index < -0.39 is 5.91 Å². The Hall–Kier alpha value is -1.88. The van der Waals surface area contributed by atoms with Gasteiger partial charge in [-0.15, -0.1) is 10.2 Å². The lowest BCUT2D eigenvalue weighted by Crippen LogP contribution is -2.31. The Morgan fingerprint density at radius 2 is 2.00 bits per heavy atom. The molecule has 1 heterocycles. The molecule has 1 aromatic carbocycles. The van der Waals surface area contributed by atoms with Crippen LogP contribution in [0, 0.1) is 0 Å². The average molecular weight is 251 g/mol. The number of fused-ring (bicyclic) bond motifs is 1. The number of primary amides is 1. The number of hydrogen-bond donors (Lipinski definition) is 1. The monoisotopic (exact) mass is 250 g/mol. The highest BCUT2D eigenvalue weighted by atomic mass is 35.5. The third-order valence-corrected chi connectivity index (χ3v) is 2.66. The van der Waals surface area contributed by atoms with Gasteiger partial charge < -0.3 is 10.6 Å². The second kappa shape index (κ2) is 4.55. The van der Waals surface area contributed by atoms with Gasteiger partial charge in [-0.25, -0.2) is 0 Å². The van der Waals surface area contributed by atoms with Gasteiger partial charge in [-0.2, -0.15) is 0 Å². The highest BCUT2D eigenvalue weighted by Gasteiger charge is 2.12. The van der Waals surface area contributed by atoms with E-state index in [2.05, 4.69) is 10.2 Å². The van der Waals surface area contributed by atoms with Crippen molar-refractivity contribution in [1.29, 1.82) is 0 Å². The lowest BCUT2D eigenvalue weighted by atomic mass is 10.2. The highest BCUT2D eigenvalue weighted by molar-refractivity contribution is 6.34. The summed E-state index contributed by atoms with van der Waals surface area (Å²) in [5, 5.41) is 9.84. The molecule has 0 aliphatic rings. The van der Waals surface area contributed by atoms with Crippen LogP contribution in [0.25, 0.3) is 10.8 Å². The van der Waals surface area contributed by atoms with Crippen molar-refractivity contribution in [2.45, 2.75) is 0 Å². The summed E-state index contributed by atoms with van der Waals surface area (Å²) >= 11 is 5.96. The van der Waals surface area contributed by atoms with E-state index >= 15 is 0 Å². The molecule has 0 saturated heterocycles. The zero-order chi connectivity index (χ0) is 12.4. The summed E-state index contributed by atoms with van der Waals surface area (Å²) < 4.78 is 0. The molecule has 0 aliphatic carbocycles. The molecule has 6 heteroatoms. The molecule has 1 aromatic heterocycles. The molecule has 1 amide bonds. The van der Waals surface area contributed by atoms with Gasteiger partial charge in [0.25, 0.3) is 0 Å². The zero-order valence-corrected chi connectivity index (χ0v) is 9.98. The number of likely N-dealkylation sites (N-methyl/N-ethyl adjacent to an activating group) is 1. The fourth-order valence-corrected chi connectivity index (χ4v) is 1.85. The summed E-state index contributed by atoms with van der Waals surface area (Å²) in [4.78, 5) is 12.5. The Bertz CT molecular complexity index is 572. The Morgan fingerprint density at radius 1 is 1.35 bits per heavy atom. The van der Waals surface area contributed by atoms with E-state index in [1.54, 1.807) is 11.9 Å². The van der Waals surface area contributed by atoms with E-state index in [1.165, 1.54) is 0 Å². The van der Waals surface area contributed by atoms with Crippen molar-refractivity contribution in [3.63, 3.8) is 0 Å². The highest BCUT2D eigenvalue weighted by Crippen LogP contribution is 2.27. The fourth-order valence-electron chi connectivity index (χ4n) is 1.65. The van der Waals surface area contributed by atoms with Crippen molar-refractivity contribution in [2.24, 2.45) is 5.73 Å². The van der Waals surface area contributed by atoms with Gasteiger partial charge in [0.05, 0.1) is 6.54 Å². The third kappa shape index (κ3) is 2.29. The summed E-state index contributed by atoms with van der Waals surface area (Å²) in [5.41, 5.74) is 5.15. The number of halogens is 1. The molecule has 0 radical (unpaired) electrons. The predicted molar refractivity (Wildman–Crippen MR) is 67.0 cm³/mol. The normalized spacial score (nSPS) is 10.5. The molecule has 88 valence electrons. The molecule has 5 nitrogen and oxygen atoms in total. The lowest BCUT2D eigenvalue weighted by molar-refractivity contribution is -0.116. The van der Waals surface area contributed by atoms with Gasteiger partial charge >= 0.3 is 0 Å². The Labute approximate surface area is 103 Å². The number of nitrogens with two attached hydrogens (primary N) is 1. The van der Waals surface area contributed by atoms with Gasteiger partial charge in [-0.05, 0) is 0 Å². The molecule has 0 saturated carbocycles. The van der Waals surface area contributed by atoms with Crippen LogP contribution < -0.4 is 10.6 Å². The molecule has 2 rings (SSSR count). The second-order valence-corrected chi connectivity index (χ2v) is 4.04. The van der Waals surface area contributed by atoms with E-state index in [0.29, 0.717) is 11.0 Å². The van der Waals surface area contributed by atoms with Gasteiger partial charge in [-0.1, -0.05) is 35.9 Å². The van der Waals surface area contributed by atoms with Crippen LogP contribution in [0.3, 0.4) is 0 Å². The number of carbonyl (C=O) groups excluding carboxylic acids is 1. The van der Waals surface area contributed by atoms with Crippen molar-refractivity contribution in [3.05, 3.63) is 29.4 Å². The van der Waals surface area contributed by atoms with Crippen LogP contribution in [0.5, 0.6) is 0 Å². The van der Waals surface area contributed by atoms with Gasteiger partial charge in [0, 0.05) is 17.8 Å². The van der Waals surface area contributed by atoms with Gasteiger partial charge in [0.1, 0.15) is 0 Å². The first-order valence-electron chi connectivity index (χ1n) is 5.00. The maximum absolute atomic E-state index is 10.9. The van der Waals surface area contributed by atoms with E-state index in [9.17, 15) is 4.79 Å². The minimum absolute atomic E-state index is 0.0836. The molecule has 0 unspecified atom stereocenters. The van der Waals surface area contributed by atoms with Crippen molar-refractivity contribution in [2.75, 3.05) is 18.5 Å². The molecule has 2 N–H and O–H groups in total. The number of benzene rings is 1.